The molecule has 0 heterocycles. The van der Waals surface area contributed by atoms with Crippen molar-refractivity contribution in [3.8, 4) is 5.75 Å². The van der Waals surface area contributed by atoms with Gasteiger partial charge in [-0.25, -0.2) is 13.2 Å². The number of rotatable bonds is 7. The van der Waals surface area contributed by atoms with Gasteiger partial charge in [-0.3, -0.25) is 9.59 Å². The fourth-order valence-corrected chi connectivity index (χ4v) is 1.31. The summed E-state index contributed by atoms with van der Waals surface area (Å²) in [5, 5.41) is 0. The lowest BCUT2D eigenvalue weighted by atomic mass is 10.2. The molecule has 0 aliphatic rings. The summed E-state index contributed by atoms with van der Waals surface area (Å²) < 4.78 is 74.0. The first-order chi connectivity index (χ1) is 10.3. The van der Waals surface area contributed by atoms with Crippen molar-refractivity contribution in [2.45, 2.75) is 19.8 Å². The third kappa shape index (κ3) is 4.48. The maximum atomic E-state index is 13.2. The highest BCUT2D eigenvalue weighted by atomic mass is 19.2. The van der Waals surface area contributed by atoms with Gasteiger partial charge in [0.1, 0.15) is 5.78 Å². The Kier molecular flexibility index (Phi) is 6.41. The predicted octanol–water partition coefficient (Wildman–Crippen LogP) is 2.67. The molecule has 4 nitrogen and oxygen atoms in total. The second-order valence-electron chi connectivity index (χ2n) is 4.19. The summed E-state index contributed by atoms with van der Waals surface area (Å²) in [7, 11) is 0. The molecule has 0 radical (unpaired) electrons. The average Bonchev–Trinajstić information content (AvgIpc) is 2.47. The number of ketones is 1. The maximum absolute atomic E-state index is 13.2. The predicted molar refractivity (Wildman–Crippen MR) is 62.6 cm³/mol. The number of halogens is 5. The molecule has 1 aromatic carbocycles. The molecule has 0 N–H and O–H groups in total. The van der Waals surface area contributed by atoms with Gasteiger partial charge < -0.3 is 9.47 Å². The van der Waals surface area contributed by atoms with Crippen molar-refractivity contribution < 1.29 is 41.0 Å². The van der Waals surface area contributed by atoms with Crippen LogP contribution in [0.5, 0.6) is 5.75 Å². The van der Waals surface area contributed by atoms with E-state index in [1.54, 1.807) is 0 Å². The largest absolute Gasteiger partial charge is 0.420 e. The highest BCUT2D eigenvalue weighted by molar-refractivity contribution is 5.75. The average molecular weight is 326 g/mol. The van der Waals surface area contributed by atoms with E-state index in [0.717, 1.165) is 0 Å². The molecule has 0 unspecified atom stereocenters. The molecule has 0 aliphatic heterocycles. The monoisotopic (exact) mass is 326 g/mol. The Morgan fingerprint density at radius 1 is 0.818 bits per heavy atom. The molecule has 0 aromatic heterocycles. The zero-order valence-corrected chi connectivity index (χ0v) is 11.4. The Morgan fingerprint density at radius 2 is 1.27 bits per heavy atom. The molecule has 22 heavy (non-hydrogen) atoms. The number of Topliss-reactive ketones (excluding diaryl/α,β-unsaturated/α-hetero) is 1. The van der Waals surface area contributed by atoms with Gasteiger partial charge in [-0.15, -0.1) is 0 Å². The number of hydrogen-bond acceptors (Lipinski definition) is 4. The van der Waals surface area contributed by atoms with E-state index in [1.165, 1.54) is 6.92 Å². The van der Waals surface area contributed by atoms with Gasteiger partial charge in [-0.1, -0.05) is 0 Å². The summed E-state index contributed by atoms with van der Waals surface area (Å²) in [6.45, 7) is 1.13. The van der Waals surface area contributed by atoms with Crippen molar-refractivity contribution in [2.75, 3.05) is 13.2 Å². The van der Waals surface area contributed by atoms with Crippen LogP contribution in [0, 0.1) is 29.1 Å². The topological polar surface area (TPSA) is 52.6 Å². The Balaban J connectivity index is 2.64. The van der Waals surface area contributed by atoms with Gasteiger partial charge in [-0.05, 0) is 6.92 Å². The Bertz CT molecular complexity index is 559. The molecule has 0 amide bonds. The fourth-order valence-electron chi connectivity index (χ4n) is 1.31. The lowest BCUT2D eigenvalue weighted by Crippen LogP contribution is -2.15. The van der Waals surface area contributed by atoms with Crippen LogP contribution in [0.3, 0.4) is 0 Å². The summed E-state index contributed by atoms with van der Waals surface area (Å²) in [5.41, 5.74) is 0. The number of benzene rings is 1. The van der Waals surface area contributed by atoms with E-state index in [-0.39, 0.29) is 25.4 Å². The van der Waals surface area contributed by atoms with E-state index >= 15 is 0 Å². The molecule has 0 aliphatic carbocycles. The van der Waals surface area contributed by atoms with Crippen LogP contribution in [0.1, 0.15) is 19.8 Å². The number of esters is 1. The summed E-state index contributed by atoms with van der Waals surface area (Å²) in [4.78, 5) is 21.9. The van der Waals surface area contributed by atoms with Crippen molar-refractivity contribution in [3.05, 3.63) is 29.1 Å². The molecule has 1 rings (SSSR count). The van der Waals surface area contributed by atoms with E-state index < -0.39 is 47.2 Å². The minimum Gasteiger partial charge on any atom is -0.420 e. The second kappa shape index (κ2) is 7.83. The van der Waals surface area contributed by atoms with Gasteiger partial charge in [-0.2, -0.15) is 8.78 Å². The first-order valence-corrected chi connectivity index (χ1v) is 6.05. The summed E-state index contributed by atoms with van der Waals surface area (Å²) in [5.74, 6) is -14.3. The molecule has 9 heteroatoms. The zero-order chi connectivity index (χ0) is 16.9. The van der Waals surface area contributed by atoms with Gasteiger partial charge in [0.05, 0.1) is 19.6 Å². The fraction of sp³-hybridized carbons (Fsp3) is 0.385. The van der Waals surface area contributed by atoms with Crippen molar-refractivity contribution in [1.29, 1.82) is 0 Å². The van der Waals surface area contributed by atoms with E-state index in [2.05, 4.69) is 4.74 Å². The normalized spacial score (nSPS) is 10.6. The molecule has 0 atom stereocenters. The van der Waals surface area contributed by atoms with Crippen molar-refractivity contribution in [3.63, 3.8) is 0 Å². The van der Waals surface area contributed by atoms with Gasteiger partial charge >= 0.3 is 5.97 Å². The van der Waals surface area contributed by atoms with Crippen LogP contribution in [-0.2, 0) is 14.3 Å². The van der Waals surface area contributed by atoms with Crippen LogP contribution in [0.2, 0.25) is 0 Å². The Hall–Kier alpha value is -2.03. The van der Waals surface area contributed by atoms with E-state index in [1.807, 2.05) is 0 Å². The van der Waals surface area contributed by atoms with Crippen LogP contribution >= 0.6 is 0 Å². The van der Waals surface area contributed by atoms with Gasteiger partial charge in [0.2, 0.25) is 34.8 Å². The van der Waals surface area contributed by atoms with Crippen LogP contribution in [0.25, 0.3) is 0 Å². The Morgan fingerprint density at radius 3 is 1.77 bits per heavy atom. The highest BCUT2D eigenvalue weighted by Gasteiger charge is 2.28. The van der Waals surface area contributed by atoms with Gasteiger partial charge in [0, 0.05) is 6.42 Å². The summed E-state index contributed by atoms with van der Waals surface area (Å²) >= 11 is 0. The first kappa shape index (κ1) is 18.0. The third-order valence-corrected chi connectivity index (χ3v) is 2.43. The molecule has 0 bridgehead atoms. The van der Waals surface area contributed by atoms with Crippen LogP contribution < -0.4 is 4.74 Å². The quantitative estimate of drug-likeness (QED) is 0.193. The van der Waals surface area contributed by atoms with E-state index in [9.17, 15) is 31.5 Å². The standard InChI is InChI=1S/C13H11F5O4/c1-6(19)2-4-21-5-3-7(20)22-13-11(17)9(15)8(14)10(16)12(13)18/h2-5H2,1H3. The van der Waals surface area contributed by atoms with Crippen molar-refractivity contribution in [1.82, 2.24) is 0 Å². The van der Waals surface area contributed by atoms with E-state index in [4.69, 9.17) is 4.74 Å². The summed E-state index contributed by atoms with van der Waals surface area (Å²) in [6, 6.07) is 0. The van der Waals surface area contributed by atoms with Crippen LogP contribution in [0.15, 0.2) is 0 Å². The number of carbonyl (C=O) groups is 2. The molecule has 0 fully saturated rings. The zero-order valence-electron chi connectivity index (χ0n) is 11.4. The molecule has 0 saturated carbocycles. The van der Waals surface area contributed by atoms with Gasteiger partial charge in [0.15, 0.2) is 0 Å². The minimum absolute atomic E-state index is 0.0329. The second-order valence-corrected chi connectivity index (χ2v) is 4.19. The van der Waals surface area contributed by atoms with Crippen LogP contribution in [0.4, 0.5) is 22.0 Å². The third-order valence-electron chi connectivity index (χ3n) is 2.43. The molecule has 122 valence electrons. The minimum atomic E-state index is -2.35. The Labute approximate surface area is 121 Å². The number of ether oxygens (including phenoxy) is 2. The maximum Gasteiger partial charge on any atom is 0.313 e. The van der Waals surface area contributed by atoms with Crippen LogP contribution in [-0.4, -0.2) is 25.0 Å². The van der Waals surface area contributed by atoms with Crippen molar-refractivity contribution in [2.24, 2.45) is 0 Å². The molecular formula is C13H11F5O4. The molecular weight excluding hydrogens is 315 g/mol. The molecule has 0 saturated heterocycles. The SMILES string of the molecule is CC(=O)CCOCCC(=O)Oc1c(F)c(F)c(F)c(F)c1F. The van der Waals surface area contributed by atoms with Gasteiger partial charge in [0.25, 0.3) is 0 Å². The van der Waals surface area contributed by atoms with E-state index in [0.29, 0.717) is 0 Å². The molecule has 1 aromatic rings. The highest BCUT2D eigenvalue weighted by Crippen LogP contribution is 2.29. The lowest BCUT2D eigenvalue weighted by Gasteiger charge is -2.09. The first-order valence-electron chi connectivity index (χ1n) is 6.05. The van der Waals surface area contributed by atoms with Crippen molar-refractivity contribution >= 4 is 11.8 Å². The summed E-state index contributed by atoms with van der Waals surface area (Å²) in [6.07, 6.45) is -0.371. The lowest BCUT2D eigenvalue weighted by molar-refractivity contribution is -0.136. The molecule has 0 spiro atoms. The number of hydrogen-bond donors (Lipinski definition) is 0. The smallest absolute Gasteiger partial charge is 0.313 e. The number of carbonyl (C=O) groups excluding carboxylic acids is 2.